The first-order valence-corrected chi connectivity index (χ1v) is 7.18. The van der Waals surface area contributed by atoms with Gasteiger partial charge in [0.1, 0.15) is 5.82 Å². The fourth-order valence-corrected chi connectivity index (χ4v) is 2.37. The monoisotopic (exact) mass is 288 g/mol. The van der Waals surface area contributed by atoms with Crippen LogP contribution in [0.25, 0.3) is 0 Å². The van der Waals surface area contributed by atoms with Gasteiger partial charge in [-0.2, -0.15) is 0 Å². The van der Waals surface area contributed by atoms with Crippen LogP contribution in [0.4, 0.5) is 4.39 Å². The van der Waals surface area contributed by atoms with Gasteiger partial charge in [-0.1, -0.05) is 12.1 Å². The normalized spacial score (nSPS) is 18.1. The first kappa shape index (κ1) is 13.8. The van der Waals surface area contributed by atoms with Crippen LogP contribution >= 0.6 is 0 Å². The van der Waals surface area contributed by atoms with E-state index in [1.807, 2.05) is 0 Å². The zero-order valence-electron chi connectivity index (χ0n) is 11.6. The number of carbonyl (C=O) groups excluding carboxylic acids is 2. The summed E-state index contributed by atoms with van der Waals surface area (Å²) in [5, 5.41) is 2.95. The highest BCUT2D eigenvalue weighted by Crippen LogP contribution is 2.21. The maximum atomic E-state index is 13.2. The summed E-state index contributed by atoms with van der Waals surface area (Å²) in [5.41, 5.74) is 1.08. The van der Waals surface area contributed by atoms with Gasteiger partial charge in [-0.15, -0.1) is 0 Å². The molecule has 1 aliphatic heterocycles. The van der Waals surface area contributed by atoms with Gasteiger partial charge in [-0.3, -0.25) is 9.59 Å². The Morgan fingerprint density at radius 2 is 2.10 bits per heavy atom. The van der Waals surface area contributed by atoms with E-state index in [2.05, 4.69) is 5.32 Å². The van der Waals surface area contributed by atoms with E-state index in [1.165, 1.54) is 18.2 Å². The summed E-state index contributed by atoms with van der Waals surface area (Å²) in [6.07, 6.45) is 4.45. The molecule has 1 aromatic carbocycles. The van der Waals surface area contributed by atoms with Crippen molar-refractivity contribution in [1.82, 2.24) is 10.2 Å². The lowest BCUT2D eigenvalue weighted by atomic mass is 10.1. The number of rotatable bonds is 3. The SMILES string of the molecule is O=C(NC1CC1)C1=CCN(C(=O)c2cccc(F)c2)CC1. The molecule has 0 spiro atoms. The highest BCUT2D eigenvalue weighted by molar-refractivity contribution is 5.96. The molecule has 3 rings (SSSR count). The Kier molecular flexibility index (Phi) is 3.73. The fraction of sp³-hybridized carbons (Fsp3) is 0.375. The zero-order chi connectivity index (χ0) is 14.8. The van der Waals surface area contributed by atoms with E-state index in [0.29, 0.717) is 31.1 Å². The second-order valence-corrected chi connectivity index (χ2v) is 5.49. The summed E-state index contributed by atoms with van der Waals surface area (Å²) in [6, 6.07) is 6.01. The Labute approximate surface area is 122 Å². The highest BCUT2D eigenvalue weighted by atomic mass is 19.1. The van der Waals surface area contributed by atoms with Crippen molar-refractivity contribution in [3.05, 3.63) is 47.3 Å². The quantitative estimate of drug-likeness (QED) is 0.923. The van der Waals surface area contributed by atoms with Crippen molar-refractivity contribution < 1.29 is 14.0 Å². The highest BCUT2D eigenvalue weighted by Gasteiger charge is 2.26. The lowest BCUT2D eigenvalue weighted by molar-refractivity contribution is -0.117. The molecule has 0 radical (unpaired) electrons. The summed E-state index contributed by atoms with van der Waals surface area (Å²) >= 11 is 0. The van der Waals surface area contributed by atoms with Crippen molar-refractivity contribution in [2.75, 3.05) is 13.1 Å². The van der Waals surface area contributed by atoms with Gasteiger partial charge in [-0.05, 0) is 37.5 Å². The van der Waals surface area contributed by atoms with E-state index in [4.69, 9.17) is 0 Å². The van der Waals surface area contributed by atoms with E-state index in [0.717, 1.165) is 18.4 Å². The maximum absolute atomic E-state index is 13.2. The molecule has 0 unspecified atom stereocenters. The van der Waals surface area contributed by atoms with Crippen LogP contribution in [0, 0.1) is 5.82 Å². The largest absolute Gasteiger partial charge is 0.350 e. The van der Waals surface area contributed by atoms with Gasteiger partial charge < -0.3 is 10.2 Å². The molecule has 0 bridgehead atoms. The van der Waals surface area contributed by atoms with Gasteiger partial charge >= 0.3 is 0 Å². The van der Waals surface area contributed by atoms with E-state index in [-0.39, 0.29) is 11.8 Å². The Balaban J connectivity index is 1.62. The molecule has 1 saturated carbocycles. The second-order valence-electron chi connectivity index (χ2n) is 5.49. The number of halogens is 1. The Morgan fingerprint density at radius 3 is 2.71 bits per heavy atom. The summed E-state index contributed by atoms with van der Waals surface area (Å²) < 4.78 is 13.2. The van der Waals surface area contributed by atoms with Gasteiger partial charge in [0.25, 0.3) is 5.91 Å². The molecule has 0 aromatic heterocycles. The van der Waals surface area contributed by atoms with Crippen LogP contribution in [0.2, 0.25) is 0 Å². The minimum absolute atomic E-state index is 0.0182. The molecule has 0 atom stereocenters. The zero-order valence-corrected chi connectivity index (χ0v) is 11.6. The topological polar surface area (TPSA) is 49.4 Å². The first-order chi connectivity index (χ1) is 10.1. The minimum Gasteiger partial charge on any atom is -0.350 e. The van der Waals surface area contributed by atoms with E-state index < -0.39 is 5.82 Å². The van der Waals surface area contributed by atoms with Gasteiger partial charge in [-0.25, -0.2) is 4.39 Å². The van der Waals surface area contributed by atoms with Crippen molar-refractivity contribution >= 4 is 11.8 Å². The van der Waals surface area contributed by atoms with Crippen molar-refractivity contribution in [3.63, 3.8) is 0 Å². The maximum Gasteiger partial charge on any atom is 0.254 e. The lowest BCUT2D eigenvalue weighted by Crippen LogP contribution is -2.38. The first-order valence-electron chi connectivity index (χ1n) is 7.18. The summed E-state index contributed by atoms with van der Waals surface area (Å²) in [5.74, 6) is -0.638. The molecule has 1 N–H and O–H groups in total. The van der Waals surface area contributed by atoms with Gasteiger partial charge in [0, 0.05) is 30.3 Å². The Morgan fingerprint density at radius 1 is 1.29 bits per heavy atom. The summed E-state index contributed by atoms with van der Waals surface area (Å²) in [6.45, 7) is 0.877. The standard InChI is InChI=1S/C16H17FN2O2/c17-13-3-1-2-12(10-13)16(21)19-8-6-11(7-9-19)15(20)18-14-4-5-14/h1-3,6,10,14H,4-5,7-9H2,(H,18,20). The molecule has 2 amide bonds. The molecule has 1 fully saturated rings. The van der Waals surface area contributed by atoms with Crippen LogP contribution in [0.3, 0.4) is 0 Å². The van der Waals surface area contributed by atoms with Gasteiger partial charge in [0.15, 0.2) is 0 Å². The minimum atomic E-state index is -0.419. The molecule has 4 nitrogen and oxygen atoms in total. The van der Waals surface area contributed by atoms with Gasteiger partial charge in [0.2, 0.25) is 5.91 Å². The predicted octanol–water partition coefficient (Wildman–Crippen LogP) is 1.88. The Bertz CT molecular complexity index is 608. The smallest absolute Gasteiger partial charge is 0.254 e. The Hall–Kier alpha value is -2.17. The van der Waals surface area contributed by atoms with Crippen molar-refractivity contribution in [1.29, 1.82) is 0 Å². The predicted molar refractivity (Wildman–Crippen MR) is 76.2 cm³/mol. The van der Waals surface area contributed by atoms with E-state index >= 15 is 0 Å². The summed E-state index contributed by atoms with van der Waals surface area (Å²) in [7, 11) is 0. The number of amides is 2. The van der Waals surface area contributed by atoms with Crippen LogP contribution in [0.1, 0.15) is 29.6 Å². The van der Waals surface area contributed by atoms with Crippen LogP contribution in [-0.2, 0) is 4.79 Å². The third-order valence-corrected chi connectivity index (χ3v) is 3.77. The number of carbonyl (C=O) groups is 2. The summed E-state index contributed by atoms with van der Waals surface area (Å²) in [4.78, 5) is 25.8. The van der Waals surface area contributed by atoms with Crippen LogP contribution in [-0.4, -0.2) is 35.8 Å². The molecule has 1 aliphatic carbocycles. The molecule has 110 valence electrons. The van der Waals surface area contributed by atoms with E-state index in [9.17, 15) is 14.0 Å². The van der Waals surface area contributed by atoms with Crippen molar-refractivity contribution in [3.8, 4) is 0 Å². The third-order valence-electron chi connectivity index (χ3n) is 3.77. The molecular weight excluding hydrogens is 271 g/mol. The number of benzene rings is 1. The number of hydrogen-bond acceptors (Lipinski definition) is 2. The van der Waals surface area contributed by atoms with Crippen molar-refractivity contribution in [2.45, 2.75) is 25.3 Å². The number of nitrogens with one attached hydrogen (secondary N) is 1. The van der Waals surface area contributed by atoms with Crippen LogP contribution in [0.5, 0.6) is 0 Å². The molecule has 5 heteroatoms. The molecule has 1 heterocycles. The molecule has 2 aliphatic rings. The molecule has 1 aromatic rings. The fourth-order valence-electron chi connectivity index (χ4n) is 2.37. The third kappa shape index (κ3) is 3.29. The molecule has 21 heavy (non-hydrogen) atoms. The average molecular weight is 288 g/mol. The van der Waals surface area contributed by atoms with Gasteiger partial charge in [0.05, 0.1) is 0 Å². The second kappa shape index (κ2) is 5.68. The number of hydrogen-bond donors (Lipinski definition) is 1. The van der Waals surface area contributed by atoms with Crippen LogP contribution < -0.4 is 5.32 Å². The molecule has 0 saturated heterocycles. The van der Waals surface area contributed by atoms with Crippen LogP contribution in [0.15, 0.2) is 35.9 Å². The average Bonchev–Trinajstić information content (AvgIpc) is 3.30. The number of nitrogens with zero attached hydrogens (tertiary/aromatic N) is 1. The lowest BCUT2D eigenvalue weighted by Gasteiger charge is -2.26. The van der Waals surface area contributed by atoms with E-state index in [1.54, 1.807) is 17.0 Å². The molecular formula is C16H17FN2O2. The van der Waals surface area contributed by atoms with Crippen molar-refractivity contribution in [2.24, 2.45) is 0 Å².